The maximum Gasteiger partial charge on any atom is 0.138 e. The van der Waals surface area contributed by atoms with E-state index in [0.29, 0.717) is 10.8 Å². The van der Waals surface area contributed by atoms with Crippen molar-refractivity contribution in [3.8, 4) is 0 Å². The summed E-state index contributed by atoms with van der Waals surface area (Å²) in [6.07, 6.45) is 2.60. The molecule has 18 heavy (non-hydrogen) atoms. The quantitative estimate of drug-likeness (QED) is 0.826. The molecule has 0 spiro atoms. The molecule has 0 aromatic carbocycles. The van der Waals surface area contributed by atoms with E-state index in [-0.39, 0.29) is 0 Å². The highest BCUT2D eigenvalue weighted by atomic mass is 32.2. The average molecular weight is 270 g/mol. The molecule has 1 unspecified atom stereocenters. The van der Waals surface area contributed by atoms with Gasteiger partial charge in [0.2, 0.25) is 0 Å². The summed E-state index contributed by atoms with van der Waals surface area (Å²) in [6, 6.07) is 0.466. The van der Waals surface area contributed by atoms with E-state index in [2.05, 4.69) is 50.0 Å². The van der Waals surface area contributed by atoms with Crippen molar-refractivity contribution >= 4 is 11.8 Å². The smallest absolute Gasteiger partial charge is 0.138 e. The van der Waals surface area contributed by atoms with E-state index in [4.69, 9.17) is 0 Å². The summed E-state index contributed by atoms with van der Waals surface area (Å²) in [5, 5.41) is 7.77. The summed E-state index contributed by atoms with van der Waals surface area (Å²) >= 11 is 2.00. The Morgan fingerprint density at radius 1 is 1.39 bits per heavy atom. The molecule has 4 nitrogen and oxygen atoms in total. The van der Waals surface area contributed by atoms with Crippen LogP contribution in [-0.4, -0.2) is 37.9 Å². The highest BCUT2D eigenvalue weighted by Gasteiger charge is 2.17. The molecule has 1 atom stereocenters. The van der Waals surface area contributed by atoms with Crippen LogP contribution in [0.5, 0.6) is 0 Å². The Labute approximate surface area is 115 Å². The van der Waals surface area contributed by atoms with Crippen molar-refractivity contribution in [1.82, 2.24) is 20.1 Å². The lowest BCUT2D eigenvalue weighted by atomic mass is 10.2. The van der Waals surface area contributed by atoms with Crippen LogP contribution in [0.3, 0.4) is 0 Å². The van der Waals surface area contributed by atoms with Crippen molar-refractivity contribution in [3.63, 3.8) is 0 Å². The standard InChI is InChI=1S/C13H26N4S/c1-6-14-11(9-18-13(3,4)5)8-12-15-10-16-17(12)7-2/h10-11,14H,6-9H2,1-5H3. The predicted octanol–water partition coefficient (Wildman–Crippen LogP) is 2.35. The molecule has 0 amide bonds. The fraction of sp³-hybridized carbons (Fsp3) is 0.846. The van der Waals surface area contributed by atoms with Crippen molar-refractivity contribution in [2.75, 3.05) is 12.3 Å². The average Bonchev–Trinajstić information content (AvgIpc) is 2.72. The van der Waals surface area contributed by atoms with Crippen LogP contribution < -0.4 is 5.32 Å². The SMILES string of the molecule is CCNC(CSC(C)(C)C)Cc1ncnn1CC. The van der Waals surface area contributed by atoms with Crippen molar-refractivity contribution < 1.29 is 0 Å². The van der Waals surface area contributed by atoms with Gasteiger partial charge in [-0.1, -0.05) is 27.7 Å². The van der Waals surface area contributed by atoms with Crippen LogP contribution in [-0.2, 0) is 13.0 Å². The summed E-state index contributed by atoms with van der Waals surface area (Å²) in [5.74, 6) is 2.19. The zero-order valence-electron chi connectivity index (χ0n) is 12.2. The van der Waals surface area contributed by atoms with Crippen molar-refractivity contribution in [3.05, 3.63) is 12.2 Å². The molecule has 1 rings (SSSR count). The molecule has 1 aromatic heterocycles. The Morgan fingerprint density at radius 3 is 2.67 bits per heavy atom. The molecular weight excluding hydrogens is 244 g/mol. The lowest BCUT2D eigenvalue weighted by molar-refractivity contribution is 0.525. The second-order valence-corrected chi connectivity index (χ2v) is 7.22. The van der Waals surface area contributed by atoms with E-state index in [1.165, 1.54) is 0 Å². The van der Waals surface area contributed by atoms with Crippen LogP contribution in [0.4, 0.5) is 0 Å². The molecule has 0 saturated carbocycles. The van der Waals surface area contributed by atoms with E-state index >= 15 is 0 Å². The minimum atomic E-state index is 0.312. The molecular formula is C13H26N4S. The Bertz CT molecular complexity index is 343. The highest BCUT2D eigenvalue weighted by molar-refractivity contribution is 8.00. The van der Waals surface area contributed by atoms with Gasteiger partial charge in [-0.3, -0.25) is 4.68 Å². The van der Waals surface area contributed by atoms with Gasteiger partial charge in [0.15, 0.2) is 0 Å². The topological polar surface area (TPSA) is 42.7 Å². The van der Waals surface area contributed by atoms with Crippen LogP contribution in [0.15, 0.2) is 6.33 Å². The van der Waals surface area contributed by atoms with Crippen LogP contribution in [0.25, 0.3) is 0 Å². The zero-order chi connectivity index (χ0) is 13.6. The first-order valence-electron chi connectivity index (χ1n) is 6.70. The number of hydrogen-bond donors (Lipinski definition) is 1. The monoisotopic (exact) mass is 270 g/mol. The van der Waals surface area contributed by atoms with Crippen LogP contribution in [0.2, 0.25) is 0 Å². The zero-order valence-corrected chi connectivity index (χ0v) is 13.0. The first-order chi connectivity index (χ1) is 8.46. The van der Waals surface area contributed by atoms with E-state index in [0.717, 1.165) is 31.1 Å². The van der Waals surface area contributed by atoms with Gasteiger partial charge in [-0.05, 0) is 13.5 Å². The number of nitrogens with zero attached hydrogens (tertiary/aromatic N) is 3. The number of rotatable bonds is 7. The lowest BCUT2D eigenvalue weighted by Gasteiger charge is -2.23. The van der Waals surface area contributed by atoms with Gasteiger partial charge in [-0.25, -0.2) is 4.98 Å². The second-order valence-electron chi connectivity index (χ2n) is 5.37. The van der Waals surface area contributed by atoms with Crippen LogP contribution in [0, 0.1) is 0 Å². The number of aromatic nitrogens is 3. The molecule has 0 aliphatic rings. The molecule has 0 fully saturated rings. The number of hydrogen-bond acceptors (Lipinski definition) is 4. The number of aryl methyl sites for hydroxylation is 1. The Hall–Kier alpha value is -0.550. The summed E-state index contributed by atoms with van der Waals surface area (Å²) in [7, 11) is 0. The van der Waals surface area contributed by atoms with Crippen LogP contribution >= 0.6 is 11.8 Å². The number of thioether (sulfide) groups is 1. The molecule has 1 aromatic rings. The third kappa shape index (κ3) is 5.40. The third-order valence-corrected chi connectivity index (χ3v) is 4.07. The summed E-state index contributed by atoms with van der Waals surface area (Å²) in [5.41, 5.74) is 0. The van der Waals surface area contributed by atoms with Crippen LogP contribution in [0.1, 0.15) is 40.4 Å². The minimum Gasteiger partial charge on any atom is -0.313 e. The van der Waals surface area contributed by atoms with Gasteiger partial charge in [0, 0.05) is 29.5 Å². The van der Waals surface area contributed by atoms with Gasteiger partial charge in [0.1, 0.15) is 12.2 Å². The van der Waals surface area contributed by atoms with E-state index in [9.17, 15) is 0 Å². The third-order valence-electron chi connectivity index (χ3n) is 2.63. The summed E-state index contributed by atoms with van der Waals surface area (Å²) in [4.78, 5) is 4.36. The molecule has 5 heteroatoms. The molecule has 0 saturated heterocycles. The molecule has 0 aliphatic heterocycles. The van der Waals surface area contributed by atoms with Gasteiger partial charge < -0.3 is 5.32 Å². The Kier molecular flexibility index (Phi) is 6.15. The lowest BCUT2D eigenvalue weighted by Crippen LogP contribution is -2.35. The van der Waals surface area contributed by atoms with Crippen molar-refractivity contribution in [2.24, 2.45) is 0 Å². The van der Waals surface area contributed by atoms with Gasteiger partial charge in [0.25, 0.3) is 0 Å². The molecule has 1 N–H and O–H groups in total. The molecule has 104 valence electrons. The largest absolute Gasteiger partial charge is 0.313 e. The first kappa shape index (κ1) is 15.5. The van der Waals surface area contributed by atoms with E-state index in [1.807, 2.05) is 16.4 Å². The normalized spacial score (nSPS) is 13.8. The minimum absolute atomic E-state index is 0.312. The summed E-state index contributed by atoms with van der Waals surface area (Å²) in [6.45, 7) is 12.9. The van der Waals surface area contributed by atoms with Gasteiger partial charge in [-0.2, -0.15) is 16.9 Å². The maximum absolute atomic E-state index is 4.36. The Morgan fingerprint density at radius 2 is 2.11 bits per heavy atom. The van der Waals surface area contributed by atoms with Crippen molar-refractivity contribution in [1.29, 1.82) is 0 Å². The fourth-order valence-corrected chi connectivity index (χ4v) is 2.70. The second kappa shape index (κ2) is 7.14. The number of nitrogens with one attached hydrogen (secondary N) is 1. The highest BCUT2D eigenvalue weighted by Crippen LogP contribution is 2.24. The fourth-order valence-electron chi connectivity index (χ4n) is 1.76. The predicted molar refractivity (Wildman–Crippen MR) is 79.1 cm³/mol. The molecule has 0 bridgehead atoms. The summed E-state index contributed by atoms with van der Waals surface area (Å²) < 4.78 is 2.29. The Balaban J connectivity index is 2.57. The van der Waals surface area contributed by atoms with Crippen molar-refractivity contribution in [2.45, 2.75) is 58.4 Å². The molecule has 0 aliphatic carbocycles. The first-order valence-corrected chi connectivity index (χ1v) is 7.68. The van der Waals surface area contributed by atoms with Gasteiger partial charge in [0.05, 0.1) is 0 Å². The van der Waals surface area contributed by atoms with E-state index in [1.54, 1.807) is 6.33 Å². The van der Waals surface area contributed by atoms with E-state index < -0.39 is 0 Å². The molecule has 1 heterocycles. The molecule has 0 radical (unpaired) electrons. The van der Waals surface area contributed by atoms with Gasteiger partial charge in [-0.15, -0.1) is 0 Å². The van der Waals surface area contributed by atoms with Gasteiger partial charge >= 0.3 is 0 Å². The number of likely N-dealkylation sites (N-methyl/N-ethyl adjacent to an activating group) is 1. The maximum atomic E-state index is 4.36.